The van der Waals surface area contributed by atoms with Crippen LogP contribution in [0.2, 0.25) is 0 Å². The van der Waals surface area contributed by atoms with Gasteiger partial charge in [-0.3, -0.25) is 9.59 Å². The zero-order chi connectivity index (χ0) is 25.3. The van der Waals surface area contributed by atoms with Gasteiger partial charge in [0.2, 0.25) is 5.56 Å². The molecule has 1 amide bonds. The van der Waals surface area contributed by atoms with Crippen LogP contribution in [0.15, 0.2) is 29.2 Å². The molecule has 1 aromatic carbocycles. The molecule has 35 heavy (non-hydrogen) atoms. The summed E-state index contributed by atoms with van der Waals surface area (Å²) in [4.78, 5) is 30.5. The molecule has 0 spiro atoms. The van der Waals surface area contributed by atoms with Gasteiger partial charge < -0.3 is 30.2 Å². The number of hydrogen-bond donors (Lipinski definition) is 3. The molecule has 0 radical (unpaired) electrons. The first kappa shape index (κ1) is 25.1. The number of likely N-dealkylation sites (N-methyl/N-ethyl adjacent to an activating group) is 1. The molecule has 2 aromatic rings. The van der Waals surface area contributed by atoms with Crippen molar-refractivity contribution in [3.05, 3.63) is 57.3 Å². The SMILES string of the molecule is CN(C)[C@H]1CCN(c2cc(F)c(C3CNCCO3)cc2NC(=O)c2c[nH]c(=O)cc2C(F)(F)F)C1. The van der Waals surface area contributed by atoms with Crippen LogP contribution in [0.1, 0.15) is 34.0 Å². The molecule has 8 nitrogen and oxygen atoms in total. The zero-order valence-corrected chi connectivity index (χ0v) is 19.3. The van der Waals surface area contributed by atoms with Gasteiger partial charge in [0.1, 0.15) is 5.82 Å². The number of aromatic nitrogens is 1. The van der Waals surface area contributed by atoms with Crippen molar-refractivity contribution in [3.63, 3.8) is 0 Å². The minimum atomic E-state index is -4.91. The highest BCUT2D eigenvalue weighted by Gasteiger charge is 2.36. The van der Waals surface area contributed by atoms with Gasteiger partial charge in [-0.15, -0.1) is 0 Å². The summed E-state index contributed by atoms with van der Waals surface area (Å²) in [6, 6.07) is 3.25. The van der Waals surface area contributed by atoms with Crippen molar-refractivity contribution in [2.45, 2.75) is 24.7 Å². The van der Waals surface area contributed by atoms with Crippen molar-refractivity contribution in [1.82, 2.24) is 15.2 Å². The van der Waals surface area contributed by atoms with Crippen molar-refractivity contribution < 1.29 is 27.1 Å². The molecule has 0 aliphatic carbocycles. The molecule has 0 saturated carbocycles. The maximum Gasteiger partial charge on any atom is 0.417 e. The standard InChI is InChI=1S/C23H27F4N5O3/c1-31(2)13-3-5-32(12-13)19-9-17(24)14(20-11-28-4-6-35-20)7-18(19)30-22(34)15-10-29-21(33)8-16(15)23(25,26)27/h7-10,13,20,28H,3-6,11-12H2,1-2H3,(H,29,33)(H,30,34)/t13-,20?/m0/s1. The molecule has 190 valence electrons. The number of hydrogen-bond acceptors (Lipinski definition) is 6. The Balaban J connectivity index is 1.73. The van der Waals surface area contributed by atoms with Crippen LogP contribution in [-0.4, -0.2) is 68.7 Å². The van der Waals surface area contributed by atoms with E-state index in [1.807, 2.05) is 23.9 Å². The lowest BCUT2D eigenvalue weighted by atomic mass is 10.0. The molecule has 3 N–H and O–H groups in total. The summed E-state index contributed by atoms with van der Waals surface area (Å²) in [6.07, 6.45) is -3.98. The fourth-order valence-electron chi connectivity index (χ4n) is 4.42. The molecule has 2 saturated heterocycles. The molecule has 1 aromatic heterocycles. The van der Waals surface area contributed by atoms with Crippen LogP contribution >= 0.6 is 0 Å². The number of pyridine rings is 1. The molecule has 2 aliphatic heterocycles. The Morgan fingerprint density at radius 1 is 1.26 bits per heavy atom. The number of nitrogens with zero attached hydrogens (tertiary/aromatic N) is 2. The van der Waals surface area contributed by atoms with E-state index < -0.39 is 40.7 Å². The predicted octanol–water partition coefficient (Wildman–Crippen LogP) is 2.59. The lowest BCUT2D eigenvalue weighted by molar-refractivity contribution is -0.138. The van der Waals surface area contributed by atoms with Gasteiger partial charge in [-0.1, -0.05) is 0 Å². The van der Waals surface area contributed by atoms with E-state index in [4.69, 9.17) is 4.74 Å². The van der Waals surface area contributed by atoms with Crippen LogP contribution in [0.25, 0.3) is 0 Å². The number of benzene rings is 1. The number of alkyl halides is 3. The van der Waals surface area contributed by atoms with Gasteiger partial charge >= 0.3 is 6.18 Å². The number of aromatic amines is 1. The largest absolute Gasteiger partial charge is 0.417 e. The Labute approximate surface area is 199 Å². The number of anilines is 2. The van der Waals surface area contributed by atoms with Crippen LogP contribution in [0.5, 0.6) is 0 Å². The van der Waals surface area contributed by atoms with Crippen LogP contribution in [0.4, 0.5) is 28.9 Å². The van der Waals surface area contributed by atoms with E-state index in [1.54, 1.807) is 0 Å². The van der Waals surface area contributed by atoms with Gasteiger partial charge in [-0.25, -0.2) is 4.39 Å². The number of carbonyl (C=O) groups excluding carboxylic acids is 1. The second kappa shape index (κ2) is 9.96. The third-order valence-electron chi connectivity index (χ3n) is 6.35. The summed E-state index contributed by atoms with van der Waals surface area (Å²) in [5.41, 5.74) is -2.34. The minimum Gasteiger partial charge on any atom is -0.371 e. The molecule has 3 heterocycles. The molecule has 0 bridgehead atoms. The highest BCUT2D eigenvalue weighted by Crippen LogP contribution is 2.37. The van der Waals surface area contributed by atoms with E-state index in [2.05, 4.69) is 15.6 Å². The number of halogens is 4. The van der Waals surface area contributed by atoms with Crippen LogP contribution in [-0.2, 0) is 10.9 Å². The molecular formula is C23H27F4N5O3. The molecule has 2 atom stereocenters. The quantitative estimate of drug-likeness (QED) is 0.551. The van der Waals surface area contributed by atoms with Gasteiger partial charge in [0.05, 0.1) is 35.2 Å². The van der Waals surface area contributed by atoms with Crippen molar-refractivity contribution in [1.29, 1.82) is 0 Å². The van der Waals surface area contributed by atoms with E-state index in [1.165, 1.54) is 12.1 Å². The monoisotopic (exact) mass is 497 g/mol. The van der Waals surface area contributed by atoms with Crippen molar-refractivity contribution in [2.24, 2.45) is 0 Å². The molecule has 2 aliphatic rings. The number of nitrogens with one attached hydrogen (secondary N) is 3. The van der Waals surface area contributed by atoms with Gasteiger partial charge in [0.25, 0.3) is 5.91 Å². The van der Waals surface area contributed by atoms with Gasteiger partial charge in [0, 0.05) is 50.0 Å². The second-order valence-electron chi connectivity index (χ2n) is 8.88. The molecule has 2 fully saturated rings. The summed E-state index contributed by atoms with van der Waals surface area (Å²) in [6.45, 7) is 2.48. The van der Waals surface area contributed by atoms with E-state index in [-0.39, 0.29) is 17.3 Å². The van der Waals surface area contributed by atoms with E-state index in [0.717, 1.165) is 12.6 Å². The summed E-state index contributed by atoms with van der Waals surface area (Å²) >= 11 is 0. The van der Waals surface area contributed by atoms with E-state index in [9.17, 15) is 22.8 Å². The third-order valence-corrected chi connectivity index (χ3v) is 6.35. The van der Waals surface area contributed by atoms with E-state index >= 15 is 4.39 Å². The Morgan fingerprint density at radius 3 is 2.66 bits per heavy atom. The van der Waals surface area contributed by atoms with Crippen molar-refractivity contribution >= 4 is 17.3 Å². The Hall–Kier alpha value is -2.96. The topological polar surface area (TPSA) is 89.7 Å². The lowest BCUT2D eigenvalue weighted by Gasteiger charge is -2.28. The van der Waals surface area contributed by atoms with Gasteiger partial charge in [0.15, 0.2) is 0 Å². The summed E-state index contributed by atoms with van der Waals surface area (Å²) in [7, 11) is 3.87. The fraction of sp³-hybridized carbons (Fsp3) is 0.478. The minimum absolute atomic E-state index is 0.166. The zero-order valence-electron chi connectivity index (χ0n) is 19.3. The summed E-state index contributed by atoms with van der Waals surface area (Å²) in [5, 5.41) is 5.64. The first-order valence-electron chi connectivity index (χ1n) is 11.2. The van der Waals surface area contributed by atoms with Crippen molar-refractivity contribution in [2.75, 3.05) is 57.1 Å². The summed E-state index contributed by atoms with van der Waals surface area (Å²) < 4.78 is 61.4. The number of ether oxygens (including phenoxy) is 1. The maximum atomic E-state index is 15.2. The number of carbonyl (C=O) groups is 1. The van der Waals surface area contributed by atoms with Crippen LogP contribution in [0, 0.1) is 5.82 Å². The second-order valence-corrected chi connectivity index (χ2v) is 8.88. The molecule has 1 unspecified atom stereocenters. The number of H-pyrrole nitrogens is 1. The maximum absolute atomic E-state index is 15.2. The number of rotatable bonds is 5. The Bertz CT molecular complexity index is 1140. The first-order chi connectivity index (χ1) is 16.5. The average molecular weight is 497 g/mol. The highest BCUT2D eigenvalue weighted by molar-refractivity contribution is 6.07. The average Bonchev–Trinajstić information content (AvgIpc) is 3.30. The smallest absolute Gasteiger partial charge is 0.371 e. The van der Waals surface area contributed by atoms with E-state index in [0.29, 0.717) is 44.5 Å². The van der Waals surface area contributed by atoms with Crippen molar-refractivity contribution in [3.8, 4) is 0 Å². The molecule has 4 rings (SSSR count). The molecular weight excluding hydrogens is 470 g/mol. The predicted molar refractivity (Wildman–Crippen MR) is 122 cm³/mol. The normalized spacial score (nSPS) is 20.9. The molecule has 12 heteroatoms. The third kappa shape index (κ3) is 5.49. The van der Waals surface area contributed by atoms with Crippen LogP contribution in [0.3, 0.4) is 0 Å². The number of amides is 1. The fourth-order valence-corrected chi connectivity index (χ4v) is 4.42. The number of morpholine rings is 1. The van der Waals surface area contributed by atoms with Crippen LogP contribution < -0.4 is 21.1 Å². The van der Waals surface area contributed by atoms with Gasteiger partial charge in [-0.05, 0) is 32.6 Å². The Kier molecular flexibility index (Phi) is 7.15. The van der Waals surface area contributed by atoms with Gasteiger partial charge in [-0.2, -0.15) is 13.2 Å². The first-order valence-corrected chi connectivity index (χ1v) is 11.2. The lowest BCUT2D eigenvalue weighted by Crippen LogP contribution is -2.34. The summed E-state index contributed by atoms with van der Waals surface area (Å²) in [5.74, 6) is -1.60. The Morgan fingerprint density at radius 2 is 2.03 bits per heavy atom. The highest BCUT2D eigenvalue weighted by atomic mass is 19.4.